The number of nitrogens with zero attached hydrogens (tertiary/aromatic N) is 4. The Morgan fingerprint density at radius 3 is 2.54 bits per heavy atom. The van der Waals surface area contributed by atoms with E-state index in [9.17, 15) is 0 Å². The van der Waals surface area contributed by atoms with Crippen molar-refractivity contribution >= 4 is 35.8 Å². The van der Waals surface area contributed by atoms with Crippen LogP contribution in [0, 0.1) is 5.92 Å². The molecule has 0 amide bonds. The summed E-state index contributed by atoms with van der Waals surface area (Å²) in [6.45, 7) is 6.06. The molecule has 1 aromatic heterocycles. The van der Waals surface area contributed by atoms with Gasteiger partial charge in [-0.05, 0) is 37.4 Å². The average Bonchev–Trinajstić information content (AvgIpc) is 3.22. The normalized spacial score (nSPS) is 18.8. The molecule has 0 bridgehead atoms. The minimum Gasteiger partial charge on any atom is -0.356 e. The van der Waals surface area contributed by atoms with Crippen LogP contribution in [0.15, 0.2) is 23.3 Å². The van der Waals surface area contributed by atoms with Crippen molar-refractivity contribution in [1.82, 2.24) is 20.5 Å². The third kappa shape index (κ3) is 7.39. The Hall–Kier alpha value is -1.09. The van der Waals surface area contributed by atoms with Crippen molar-refractivity contribution in [3.63, 3.8) is 0 Å². The number of piperazine rings is 1. The first-order chi connectivity index (χ1) is 13.2. The lowest BCUT2D eigenvalue weighted by atomic mass is 10.0. The van der Waals surface area contributed by atoms with Crippen LogP contribution in [0.1, 0.15) is 44.1 Å². The number of halogens is 1. The minimum atomic E-state index is 0. The van der Waals surface area contributed by atoms with E-state index in [1.54, 1.807) is 0 Å². The molecule has 2 fully saturated rings. The summed E-state index contributed by atoms with van der Waals surface area (Å²) in [5.41, 5.74) is 1.18. The van der Waals surface area contributed by atoms with Crippen LogP contribution in [0.25, 0.3) is 0 Å². The van der Waals surface area contributed by atoms with Gasteiger partial charge < -0.3 is 20.4 Å². The first kappa shape index (κ1) is 23.2. The maximum Gasteiger partial charge on any atom is 0.191 e. The van der Waals surface area contributed by atoms with Gasteiger partial charge in [-0.2, -0.15) is 0 Å². The number of anilines is 1. The molecule has 1 saturated heterocycles. The molecule has 7 heteroatoms. The van der Waals surface area contributed by atoms with Crippen LogP contribution in [0.3, 0.4) is 0 Å². The number of likely N-dealkylation sites (N-methyl/N-ethyl adjacent to an activating group) is 1. The smallest absolute Gasteiger partial charge is 0.191 e. The molecule has 2 aliphatic rings. The summed E-state index contributed by atoms with van der Waals surface area (Å²) in [5.74, 6) is 2.93. The summed E-state index contributed by atoms with van der Waals surface area (Å²) in [6, 6.07) is 4.31. The van der Waals surface area contributed by atoms with Gasteiger partial charge in [0.15, 0.2) is 5.96 Å². The lowest BCUT2D eigenvalue weighted by Crippen LogP contribution is -2.44. The van der Waals surface area contributed by atoms with Crippen LogP contribution < -0.4 is 15.5 Å². The number of rotatable bonds is 7. The summed E-state index contributed by atoms with van der Waals surface area (Å²) in [5, 5.41) is 6.83. The molecule has 1 saturated carbocycles. The van der Waals surface area contributed by atoms with Gasteiger partial charge in [0.05, 0.1) is 0 Å². The lowest BCUT2D eigenvalue weighted by Gasteiger charge is -2.33. The van der Waals surface area contributed by atoms with Crippen molar-refractivity contribution in [2.45, 2.75) is 45.1 Å². The van der Waals surface area contributed by atoms with Gasteiger partial charge in [0.2, 0.25) is 0 Å². The van der Waals surface area contributed by atoms with Crippen molar-refractivity contribution in [2.75, 3.05) is 51.7 Å². The molecule has 1 aromatic rings. The van der Waals surface area contributed by atoms with E-state index >= 15 is 0 Å². The molecule has 0 radical (unpaired) electrons. The van der Waals surface area contributed by atoms with Crippen LogP contribution in [-0.4, -0.2) is 62.7 Å². The number of aliphatic imine (C=N–C) groups is 1. The van der Waals surface area contributed by atoms with E-state index in [1.807, 2.05) is 13.2 Å². The number of aromatic nitrogens is 1. The van der Waals surface area contributed by atoms with E-state index in [0.717, 1.165) is 57.0 Å². The standard InChI is InChI=1S/C21H36N6.HI/c1-22-21(23-11-5-8-18-6-3-4-7-18)25-17-19-9-10-20(24-16-19)27-14-12-26(2)13-15-27;/h9-10,16,18H,3-8,11-15,17H2,1-2H3,(H2,22,23,25);1H. The summed E-state index contributed by atoms with van der Waals surface area (Å²) >= 11 is 0. The van der Waals surface area contributed by atoms with Gasteiger partial charge in [-0.15, -0.1) is 24.0 Å². The highest BCUT2D eigenvalue weighted by molar-refractivity contribution is 14.0. The van der Waals surface area contributed by atoms with E-state index in [-0.39, 0.29) is 24.0 Å². The maximum absolute atomic E-state index is 4.66. The van der Waals surface area contributed by atoms with Gasteiger partial charge in [-0.1, -0.05) is 31.7 Å². The first-order valence-electron chi connectivity index (χ1n) is 10.6. The highest BCUT2D eigenvalue weighted by Crippen LogP contribution is 2.28. The third-order valence-electron chi connectivity index (χ3n) is 5.88. The monoisotopic (exact) mass is 500 g/mol. The highest BCUT2D eigenvalue weighted by atomic mass is 127. The zero-order valence-electron chi connectivity index (χ0n) is 17.5. The molecule has 0 spiro atoms. The van der Waals surface area contributed by atoms with Crippen molar-refractivity contribution < 1.29 is 0 Å². The predicted octanol–water partition coefficient (Wildman–Crippen LogP) is 3.09. The number of hydrogen-bond donors (Lipinski definition) is 2. The van der Waals surface area contributed by atoms with E-state index in [0.29, 0.717) is 0 Å². The lowest BCUT2D eigenvalue weighted by molar-refractivity contribution is 0.312. The van der Waals surface area contributed by atoms with Gasteiger partial charge in [-0.3, -0.25) is 4.99 Å². The SMILES string of the molecule is CN=C(NCCCC1CCCC1)NCc1ccc(N2CCN(C)CC2)nc1.I. The summed E-state index contributed by atoms with van der Waals surface area (Å²) in [4.78, 5) is 13.7. The van der Waals surface area contributed by atoms with Crippen LogP contribution >= 0.6 is 24.0 Å². The second kappa shape index (κ2) is 12.5. The fourth-order valence-electron chi connectivity index (χ4n) is 4.05. The molecule has 0 unspecified atom stereocenters. The van der Waals surface area contributed by atoms with Crippen LogP contribution in [0.2, 0.25) is 0 Å². The molecule has 158 valence electrons. The van der Waals surface area contributed by atoms with E-state index < -0.39 is 0 Å². The largest absolute Gasteiger partial charge is 0.356 e. The van der Waals surface area contributed by atoms with Crippen molar-refractivity contribution in [3.05, 3.63) is 23.9 Å². The summed E-state index contributed by atoms with van der Waals surface area (Å²) < 4.78 is 0. The van der Waals surface area contributed by atoms with Crippen molar-refractivity contribution in [2.24, 2.45) is 10.9 Å². The predicted molar refractivity (Wildman–Crippen MR) is 129 cm³/mol. The summed E-state index contributed by atoms with van der Waals surface area (Å²) in [7, 11) is 4.01. The van der Waals surface area contributed by atoms with Crippen LogP contribution in [0.4, 0.5) is 5.82 Å². The van der Waals surface area contributed by atoms with Crippen LogP contribution in [0.5, 0.6) is 0 Å². The fourth-order valence-corrected chi connectivity index (χ4v) is 4.05. The van der Waals surface area contributed by atoms with Crippen LogP contribution in [-0.2, 0) is 6.54 Å². The van der Waals surface area contributed by atoms with Crippen molar-refractivity contribution in [1.29, 1.82) is 0 Å². The fraction of sp³-hybridized carbons (Fsp3) is 0.714. The topological polar surface area (TPSA) is 55.8 Å². The second-order valence-electron chi connectivity index (χ2n) is 7.96. The zero-order valence-corrected chi connectivity index (χ0v) is 19.8. The Morgan fingerprint density at radius 1 is 1.14 bits per heavy atom. The highest BCUT2D eigenvalue weighted by Gasteiger charge is 2.15. The van der Waals surface area contributed by atoms with Gasteiger partial charge in [-0.25, -0.2) is 4.98 Å². The van der Waals surface area contributed by atoms with E-state index in [2.05, 4.69) is 49.6 Å². The molecular formula is C21H37IN6. The Bertz CT molecular complexity index is 577. The molecule has 0 atom stereocenters. The molecule has 2 N–H and O–H groups in total. The summed E-state index contributed by atoms with van der Waals surface area (Å²) in [6.07, 6.45) is 10.3. The molecule has 2 heterocycles. The Labute approximate surface area is 187 Å². The maximum atomic E-state index is 4.66. The van der Waals surface area contributed by atoms with Gasteiger partial charge in [0, 0.05) is 52.5 Å². The van der Waals surface area contributed by atoms with E-state index in [1.165, 1.54) is 44.1 Å². The average molecular weight is 500 g/mol. The minimum absolute atomic E-state index is 0. The van der Waals surface area contributed by atoms with Gasteiger partial charge >= 0.3 is 0 Å². The quantitative estimate of drug-likeness (QED) is 0.261. The molecule has 6 nitrogen and oxygen atoms in total. The third-order valence-corrected chi connectivity index (χ3v) is 5.88. The Morgan fingerprint density at radius 2 is 1.89 bits per heavy atom. The molecule has 0 aromatic carbocycles. The van der Waals surface area contributed by atoms with Crippen molar-refractivity contribution in [3.8, 4) is 0 Å². The molecule has 28 heavy (non-hydrogen) atoms. The van der Waals surface area contributed by atoms with E-state index in [4.69, 9.17) is 0 Å². The number of pyridine rings is 1. The zero-order chi connectivity index (χ0) is 18.9. The van der Waals surface area contributed by atoms with Gasteiger partial charge in [0.1, 0.15) is 5.82 Å². The number of nitrogens with one attached hydrogen (secondary N) is 2. The number of guanidine groups is 1. The Balaban J connectivity index is 0.00000280. The van der Waals surface area contributed by atoms with Gasteiger partial charge in [0.25, 0.3) is 0 Å². The second-order valence-corrected chi connectivity index (χ2v) is 7.96. The number of hydrogen-bond acceptors (Lipinski definition) is 4. The molecule has 1 aliphatic carbocycles. The Kier molecular flexibility index (Phi) is 10.3. The molecule has 1 aliphatic heterocycles. The molecule has 3 rings (SSSR count). The first-order valence-corrected chi connectivity index (χ1v) is 10.6. The molecular weight excluding hydrogens is 463 g/mol.